The number of rotatable bonds is 6. The van der Waals surface area contributed by atoms with E-state index < -0.39 is 5.54 Å². The highest BCUT2D eigenvalue weighted by Crippen LogP contribution is 2.34. The molecule has 1 rings (SSSR count). The average molecular weight is 257 g/mol. The van der Waals surface area contributed by atoms with Gasteiger partial charge >= 0.3 is 0 Å². The fourth-order valence-corrected chi connectivity index (χ4v) is 3.23. The zero-order chi connectivity index (χ0) is 13.8. The van der Waals surface area contributed by atoms with Gasteiger partial charge in [0, 0.05) is 6.04 Å². The maximum atomic E-state index is 9.58. The lowest BCUT2D eigenvalue weighted by molar-refractivity contribution is 0.0488. The van der Waals surface area contributed by atoms with Crippen molar-refractivity contribution in [3.63, 3.8) is 0 Å². The second-order valence-corrected chi connectivity index (χ2v) is 6.53. The second-order valence-electron chi connectivity index (χ2n) is 6.53. The number of hydrogen-bond donors (Lipinski definition) is 3. The van der Waals surface area contributed by atoms with Crippen molar-refractivity contribution in [2.45, 2.75) is 65.0 Å². The zero-order valence-corrected chi connectivity index (χ0v) is 12.4. The van der Waals surface area contributed by atoms with Crippen LogP contribution in [0, 0.1) is 17.8 Å². The first-order valence-corrected chi connectivity index (χ1v) is 7.47. The van der Waals surface area contributed by atoms with Crippen molar-refractivity contribution in [3.05, 3.63) is 0 Å². The van der Waals surface area contributed by atoms with E-state index in [1.165, 1.54) is 12.8 Å². The molecule has 0 aliphatic heterocycles. The molecule has 0 aromatic carbocycles. The minimum absolute atomic E-state index is 0.00962. The van der Waals surface area contributed by atoms with Gasteiger partial charge in [-0.05, 0) is 37.0 Å². The van der Waals surface area contributed by atoms with Gasteiger partial charge in [0.25, 0.3) is 0 Å². The van der Waals surface area contributed by atoms with Crippen molar-refractivity contribution in [2.75, 3.05) is 13.2 Å². The van der Waals surface area contributed by atoms with Crippen molar-refractivity contribution >= 4 is 0 Å². The molecule has 108 valence electrons. The first-order chi connectivity index (χ1) is 8.48. The maximum absolute atomic E-state index is 9.58. The molecule has 0 spiro atoms. The topological polar surface area (TPSA) is 52.5 Å². The molecule has 18 heavy (non-hydrogen) atoms. The number of aliphatic hydroxyl groups is 2. The number of hydrogen-bond acceptors (Lipinski definition) is 3. The Balaban J connectivity index is 2.76. The largest absolute Gasteiger partial charge is 0.394 e. The van der Waals surface area contributed by atoms with Crippen molar-refractivity contribution in [1.29, 1.82) is 0 Å². The summed E-state index contributed by atoms with van der Waals surface area (Å²) >= 11 is 0. The van der Waals surface area contributed by atoms with Gasteiger partial charge in [0.15, 0.2) is 0 Å². The highest BCUT2D eigenvalue weighted by atomic mass is 16.3. The molecule has 3 N–H and O–H groups in total. The second kappa shape index (κ2) is 6.88. The molecule has 3 heteroatoms. The molecule has 0 amide bonds. The van der Waals surface area contributed by atoms with Crippen LogP contribution in [0.3, 0.4) is 0 Å². The van der Waals surface area contributed by atoms with E-state index in [2.05, 4.69) is 26.1 Å². The summed E-state index contributed by atoms with van der Waals surface area (Å²) in [4.78, 5) is 0. The molecule has 0 saturated heterocycles. The molecule has 3 atom stereocenters. The van der Waals surface area contributed by atoms with Gasteiger partial charge in [0.1, 0.15) is 0 Å². The third-order valence-electron chi connectivity index (χ3n) is 4.80. The summed E-state index contributed by atoms with van der Waals surface area (Å²) in [6.07, 6.45) is 4.48. The van der Waals surface area contributed by atoms with Crippen molar-refractivity contribution in [1.82, 2.24) is 5.32 Å². The summed E-state index contributed by atoms with van der Waals surface area (Å²) in [7, 11) is 0. The highest BCUT2D eigenvalue weighted by Gasteiger charge is 2.36. The fourth-order valence-electron chi connectivity index (χ4n) is 3.23. The Hall–Kier alpha value is -0.120. The van der Waals surface area contributed by atoms with Crippen LogP contribution in [-0.2, 0) is 0 Å². The first kappa shape index (κ1) is 15.9. The van der Waals surface area contributed by atoms with Crippen LogP contribution in [-0.4, -0.2) is 35.0 Å². The van der Waals surface area contributed by atoms with Gasteiger partial charge in [-0.1, -0.05) is 34.1 Å². The predicted molar refractivity (Wildman–Crippen MR) is 75.5 cm³/mol. The zero-order valence-electron chi connectivity index (χ0n) is 12.4. The molecule has 1 saturated carbocycles. The molecule has 3 unspecified atom stereocenters. The monoisotopic (exact) mass is 257 g/mol. The summed E-state index contributed by atoms with van der Waals surface area (Å²) in [5.41, 5.74) is -0.505. The third-order valence-corrected chi connectivity index (χ3v) is 4.80. The minimum Gasteiger partial charge on any atom is -0.394 e. The van der Waals surface area contributed by atoms with Crippen LogP contribution >= 0.6 is 0 Å². The van der Waals surface area contributed by atoms with Crippen LogP contribution in [0.15, 0.2) is 0 Å². The quantitative estimate of drug-likeness (QED) is 0.683. The summed E-state index contributed by atoms with van der Waals surface area (Å²) < 4.78 is 0. The van der Waals surface area contributed by atoms with E-state index >= 15 is 0 Å². The van der Waals surface area contributed by atoms with E-state index in [0.717, 1.165) is 18.8 Å². The van der Waals surface area contributed by atoms with E-state index in [0.29, 0.717) is 17.9 Å². The van der Waals surface area contributed by atoms with Crippen LogP contribution in [0.1, 0.15) is 53.4 Å². The molecule has 0 heterocycles. The average Bonchev–Trinajstić information content (AvgIpc) is 2.36. The Morgan fingerprint density at radius 3 is 2.28 bits per heavy atom. The van der Waals surface area contributed by atoms with Gasteiger partial charge < -0.3 is 15.5 Å². The molecular weight excluding hydrogens is 226 g/mol. The van der Waals surface area contributed by atoms with E-state index in [1.807, 2.05) is 6.92 Å². The van der Waals surface area contributed by atoms with Crippen LogP contribution in [0.5, 0.6) is 0 Å². The van der Waals surface area contributed by atoms with E-state index in [4.69, 9.17) is 0 Å². The Labute approximate surface area is 112 Å². The Morgan fingerprint density at radius 2 is 1.83 bits per heavy atom. The molecule has 3 nitrogen and oxygen atoms in total. The summed E-state index contributed by atoms with van der Waals surface area (Å²) in [5.74, 6) is 2.05. The Kier molecular flexibility index (Phi) is 6.09. The van der Waals surface area contributed by atoms with Gasteiger partial charge in [-0.2, -0.15) is 0 Å². The van der Waals surface area contributed by atoms with Crippen molar-refractivity contribution in [2.24, 2.45) is 17.8 Å². The first-order valence-electron chi connectivity index (χ1n) is 7.47. The molecular formula is C15H31NO2. The molecule has 1 aliphatic carbocycles. The Bertz CT molecular complexity index is 230. The molecule has 0 aromatic heterocycles. The summed E-state index contributed by atoms with van der Waals surface area (Å²) in [6.45, 7) is 8.90. The molecule has 0 bridgehead atoms. The van der Waals surface area contributed by atoms with E-state index in [-0.39, 0.29) is 13.2 Å². The van der Waals surface area contributed by atoms with Crippen LogP contribution in [0.25, 0.3) is 0 Å². The lowest BCUT2D eigenvalue weighted by Gasteiger charge is -2.43. The van der Waals surface area contributed by atoms with Crippen LogP contribution in [0.4, 0.5) is 0 Å². The third kappa shape index (κ3) is 3.69. The fraction of sp³-hybridized carbons (Fsp3) is 1.00. The van der Waals surface area contributed by atoms with Gasteiger partial charge in [-0.3, -0.25) is 0 Å². The van der Waals surface area contributed by atoms with Gasteiger partial charge in [-0.25, -0.2) is 0 Å². The summed E-state index contributed by atoms with van der Waals surface area (Å²) in [5, 5.41) is 22.7. The standard InChI is InChI=1S/C15H31NO2/c1-5-15(9-17,10-18)16-14-8-12(4)6-7-13(14)11(2)3/h11-14,16-18H,5-10H2,1-4H3. The smallest absolute Gasteiger partial charge is 0.0647 e. The van der Waals surface area contributed by atoms with E-state index in [1.54, 1.807) is 0 Å². The molecule has 0 radical (unpaired) electrons. The molecule has 0 aromatic rings. The van der Waals surface area contributed by atoms with Crippen molar-refractivity contribution < 1.29 is 10.2 Å². The molecule has 1 aliphatic rings. The van der Waals surface area contributed by atoms with Gasteiger partial charge in [0.05, 0.1) is 18.8 Å². The lowest BCUT2D eigenvalue weighted by atomic mass is 9.73. The summed E-state index contributed by atoms with van der Waals surface area (Å²) in [6, 6.07) is 0.424. The molecule has 1 fully saturated rings. The van der Waals surface area contributed by atoms with Crippen molar-refractivity contribution in [3.8, 4) is 0 Å². The predicted octanol–water partition coefficient (Wildman–Crippen LogP) is 2.17. The maximum Gasteiger partial charge on any atom is 0.0647 e. The Morgan fingerprint density at radius 1 is 1.22 bits per heavy atom. The van der Waals surface area contributed by atoms with E-state index in [9.17, 15) is 10.2 Å². The lowest BCUT2D eigenvalue weighted by Crippen LogP contribution is -2.58. The minimum atomic E-state index is -0.505. The van der Waals surface area contributed by atoms with Gasteiger partial charge in [0.2, 0.25) is 0 Å². The normalized spacial score (nSPS) is 29.8. The van der Waals surface area contributed by atoms with Crippen LogP contribution < -0.4 is 5.32 Å². The number of aliphatic hydroxyl groups excluding tert-OH is 2. The SMILES string of the molecule is CCC(CO)(CO)NC1CC(C)CCC1C(C)C. The van der Waals surface area contributed by atoms with Crippen LogP contribution in [0.2, 0.25) is 0 Å². The number of nitrogens with one attached hydrogen (secondary N) is 1. The van der Waals surface area contributed by atoms with Gasteiger partial charge in [-0.15, -0.1) is 0 Å². The highest BCUT2D eigenvalue weighted by molar-refractivity contribution is 4.94.